The zero-order valence-corrected chi connectivity index (χ0v) is 11.4. The Bertz CT molecular complexity index is 361. The maximum absolute atomic E-state index is 13.8. The molecule has 0 aliphatic rings. The Morgan fingerprint density at radius 1 is 1.05 bits per heavy atom. The average Bonchev–Trinajstić information content (AvgIpc) is 2.43. The van der Waals surface area contributed by atoms with Crippen LogP contribution in [-0.4, -0.2) is 33.5 Å². The molecule has 1 rings (SSSR count). The van der Waals surface area contributed by atoms with E-state index in [1.54, 1.807) is 25.3 Å². The molecule has 0 heterocycles. The van der Waals surface area contributed by atoms with Crippen molar-refractivity contribution in [2.45, 2.75) is 19.6 Å². The van der Waals surface area contributed by atoms with E-state index in [1.165, 1.54) is 0 Å². The number of benzene rings is 1. The molecule has 4 nitrogen and oxygen atoms in total. The van der Waals surface area contributed by atoms with Gasteiger partial charge in [-0.25, -0.2) is 4.39 Å². The number of halogens is 1. The lowest BCUT2D eigenvalue weighted by molar-refractivity contribution is 0.0329. The maximum Gasteiger partial charge on any atom is 0.133 e. The first kappa shape index (κ1) is 16.0. The van der Waals surface area contributed by atoms with E-state index in [-0.39, 0.29) is 19.0 Å². The molecule has 108 valence electrons. The Balaban J connectivity index is 2.16. The lowest BCUT2D eigenvalue weighted by Crippen LogP contribution is -2.08. The number of hydrogen-bond donors (Lipinski definition) is 1. The van der Waals surface area contributed by atoms with E-state index in [0.29, 0.717) is 37.6 Å². The van der Waals surface area contributed by atoms with Crippen LogP contribution in [0.15, 0.2) is 18.2 Å². The van der Waals surface area contributed by atoms with Gasteiger partial charge in [-0.3, -0.25) is 0 Å². The number of methoxy groups -OCH3 is 1. The molecule has 0 amide bonds. The summed E-state index contributed by atoms with van der Waals surface area (Å²) in [5.41, 5.74) is 6.48. The number of nitrogens with two attached hydrogens (primary N) is 1. The second-order valence-corrected chi connectivity index (χ2v) is 4.11. The Kier molecular flexibility index (Phi) is 8.33. The van der Waals surface area contributed by atoms with E-state index in [9.17, 15) is 4.39 Å². The number of ether oxygens (including phenoxy) is 3. The molecule has 0 aliphatic carbocycles. The first-order valence-corrected chi connectivity index (χ1v) is 6.40. The molecule has 5 heteroatoms. The quantitative estimate of drug-likeness (QED) is 0.660. The van der Waals surface area contributed by atoms with E-state index in [4.69, 9.17) is 19.9 Å². The van der Waals surface area contributed by atoms with Gasteiger partial charge in [-0.1, -0.05) is 18.2 Å². The van der Waals surface area contributed by atoms with E-state index in [0.717, 1.165) is 6.42 Å². The minimum Gasteiger partial charge on any atom is -0.385 e. The lowest BCUT2D eigenvalue weighted by atomic mass is 10.1. The van der Waals surface area contributed by atoms with Crippen molar-refractivity contribution in [3.8, 4) is 0 Å². The molecule has 0 aliphatic heterocycles. The summed E-state index contributed by atoms with van der Waals surface area (Å²) in [6.07, 6.45) is 0.865. The summed E-state index contributed by atoms with van der Waals surface area (Å²) in [4.78, 5) is 0. The first-order chi connectivity index (χ1) is 9.29. The molecule has 0 bridgehead atoms. The van der Waals surface area contributed by atoms with Crippen molar-refractivity contribution in [3.63, 3.8) is 0 Å². The third kappa shape index (κ3) is 6.11. The van der Waals surface area contributed by atoms with Crippen LogP contribution in [0.25, 0.3) is 0 Å². The van der Waals surface area contributed by atoms with Gasteiger partial charge in [-0.2, -0.15) is 0 Å². The van der Waals surface area contributed by atoms with E-state index < -0.39 is 0 Å². The molecule has 1 aromatic rings. The highest BCUT2D eigenvalue weighted by atomic mass is 19.1. The summed E-state index contributed by atoms with van der Waals surface area (Å²) >= 11 is 0. The smallest absolute Gasteiger partial charge is 0.133 e. The van der Waals surface area contributed by atoms with Gasteiger partial charge in [-0.05, 0) is 6.42 Å². The topological polar surface area (TPSA) is 53.7 Å². The SMILES string of the molecule is COCCCOCCOCc1cccc(CN)c1F. The molecular formula is C14H22FNO3. The normalized spacial score (nSPS) is 10.9. The van der Waals surface area contributed by atoms with E-state index in [1.807, 2.05) is 0 Å². The predicted octanol–water partition coefficient (Wildman–Crippen LogP) is 1.85. The second kappa shape index (κ2) is 9.86. The van der Waals surface area contributed by atoms with Gasteiger partial charge >= 0.3 is 0 Å². The molecule has 0 aromatic heterocycles. The van der Waals surface area contributed by atoms with Gasteiger partial charge in [0.1, 0.15) is 5.82 Å². The van der Waals surface area contributed by atoms with Gasteiger partial charge in [0.15, 0.2) is 0 Å². The molecule has 0 atom stereocenters. The van der Waals surface area contributed by atoms with Crippen molar-refractivity contribution in [1.82, 2.24) is 0 Å². The largest absolute Gasteiger partial charge is 0.385 e. The molecule has 0 saturated heterocycles. The third-order valence-corrected chi connectivity index (χ3v) is 2.65. The van der Waals surface area contributed by atoms with E-state index >= 15 is 0 Å². The average molecular weight is 271 g/mol. The van der Waals surface area contributed by atoms with Crippen molar-refractivity contribution in [2.75, 3.05) is 33.5 Å². The van der Waals surface area contributed by atoms with Gasteiger partial charge < -0.3 is 19.9 Å². The molecule has 1 aromatic carbocycles. The van der Waals surface area contributed by atoms with Gasteiger partial charge in [-0.15, -0.1) is 0 Å². The van der Waals surface area contributed by atoms with Crippen molar-refractivity contribution < 1.29 is 18.6 Å². The van der Waals surface area contributed by atoms with Gasteiger partial charge in [0, 0.05) is 38.0 Å². The van der Waals surface area contributed by atoms with Crippen LogP contribution in [0.3, 0.4) is 0 Å². The maximum atomic E-state index is 13.8. The molecule has 0 spiro atoms. The van der Waals surface area contributed by atoms with Crippen LogP contribution in [0.2, 0.25) is 0 Å². The van der Waals surface area contributed by atoms with Crippen molar-refractivity contribution in [3.05, 3.63) is 35.1 Å². The van der Waals surface area contributed by atoms with Crippen LogP contribution in [0.1, 0.15) is 17.5 Å². The molecule has 2 N–H and O–H groups in total. The molecule has 0 saturated carbocycles. The zero-order valence-electron chi connectivity index (χ0n) is 11.4. The molecule has 0 radical (unpaired) electrons. The van der Waals surface area contributed by atoms with Gasteiger partial charge in [0.25, 0.3) is 0 Å². The predicted molar refractivity (Wildman–Crippen MR) is 71.3 cm³/mol. The van der Waals surface area contributed by atoms with Crippen molar-refractivity contribution in [1.29, 1.82) is 0 Å². The summed E-state index contributed by atoms with van der Waals surface area (Å²) in [5, 5.41) is 0. The van der Waals surface area contributed by atoms with Crippen LogP contribution < -0.4 is 5.73 Å². The molecule has 19 heavy (non-hydrogen) atoms. The number of rotatable bonds is 10. The summed E-state index contributed by atoms with van der Waals surface area (Å²) in [5.74, 6) is -0.272. The fourth-order valence-corrected chi connectivity index (χ4v) is 1.61. The summed E-state index contributed by atoms with van der Waals surface area (Å²) in [6.45, 7) is 2.72. The summed E-state index contributed by atoms with van der Waals surface area (Å²) in [6, 6.07) is 5.16. The zero-order chi connectivity index (χ0) is 13.9. The van der Waals surface area contributed by atoms with Gasteiger partial charge in [0.2, 0.25) is 0 Å². The van der Waals surface area contributed by atoms with Crippen LogP contribution in [0.4, 0.5) is 4.39 Å². The summed E-state index contributed by atoms with van der Waals surface area (Å²) in [7, 11) is 1.66. The summed E-state index contributed by atoms with van der Waals surface area (Å²) < 4.78 is 29.4. The Morgan fingerprint density at radius 3 is 2.53 bits per heavy atom. The minimum atomic E-state index is -0.272. The highest BCUT2D eigenvalue weighted by Gasteiger charge is 2.06. The standard InChI is InChI=1S/C14H22FNO3/c1-17-6-3-7-18-8-9-19-11-13-5-2-4-12(10-16)14(13)15/h2,4-5H,3,6-11,16H2,1H3. The Labute approximate surface area is 113 Å². The van der Waals surface area contributed by atoms with Crippen LogP contribution in [0, 0.1) is 5.82 Å². The molecule has 0 unspecified atom stereocenters. The Hall–Kier alpha value is -1.01. The highest BCUT2D eigenvalue weighted by molar-refractivity contribution is 5.25. The first-order valence-electron chi connectivity index (χ1n) is 6.40. The molecule has 0 fully saturated rings. The number of hydrogen-bond acceptors (Lipinski definition) is 4. The van der Waals surface area contributed by atoms with Crippen LogP contribution in [-0.2, 0) is 27.4 Å². The third-order valence-electron chi connectivity index (χ3n) is 2.65. The van der Waals surface area contributed by atoms with Crippen LogP contribution in [0.5, 0.6) is 0 Å². The Morgan fingerprint density at radius 2 is 1.79 bits per heavy atom. The van der Waals surface area contributed by atoms with Crippen molar-refractivity contribution >= 4 is 0 Å². The fourth-order valence-electron chi connectivity index (χ4n) is 1.61. The highest BCUT2D eigenvalue weighted by Crippen LogP contribution is 2.13. The van der Waals surface area contributed by atoms with Gasteiger partial charge in [0.05, 0.1) is 19.8 Å². The molecular weight excluding hydrogens is 249 g/mol. The van der Waals surface area contributed by atoms with E-state index in [2.05, 4.69) is 0 Å². The minimum absolute atomic E-state index is 0.197. The monoisotopic (exact) mass is 271 g/mol. The lowest BCUT2D eigenvalue weighted by Gasteiger charge is -2.08. The second-order valence-electron chi connectivity index (χ2n) is 4.11. The van der Waals surface area contributed by atoms with Crippen LogP contribution >= 0.6 is 0 Å². The van der Waals surface area contributed by atoms with Crippen molar-refractivity contribution in [2.24, 2.45) is 5.73 Å². The fraction of sp³-hybridized carbons (Fsp3) is 0.571.